The van der Waals surface area contributed by atoms with Crippen molar-refractivity contribution in [3.05, 3.63) is 24.0 Å². The third-order valence-corrected chi connectivity index (χ3v) is 3.25. The monoisotopic (exact) mass is 248 g/mol. The first-order valence-electron chi connectivity index (χ1n) is 6.54. The lowest BCUT2D eigenvalue weighted by Crippen LogP contribution is -2.39. The summed E-state index contributed by atoms with van der Waals surface area (Å²) in [5.41, 5.74) is 1.60. The Morgan fingerprint density at radius 2 is 2.39 bits per heavy atom. The van der Waals surface area contributed by atoms with Crippen molar-refractivity contribution >= 4 is 11.5 Å². The van der Waals surface area contributed by atoms with Crippen molar-refractivity contribution in [1.82, 2.24) is 4.98 Å². The standard InChI is InChI=1S/C14H20N2O2/c1-3-18-13-5-4-8-16(10-13)12-6-7-14(11(2)17)15-9-12/h6-7,9,13H,3-5,8,10H2,1-2H3. The fraction of sp³-hybridized carbons (Fsp3) is 0.571. The quantitative estimate of drug-likeness (QED) is 0.767. The molecule has 0 N–H and O–H groups in total. The average molecular weight is 248 g/mol. The second kappa shape index (κ2) is 5.96. The van der Waals surface area contributed by atoms with Crippen LogP contribution in [0, 0.1) is 0 Å². The van der Waals surface area contributed by atoms with Crippen molar-refractivity contribution < 1.29 is 9.53 Å². The second-order valence-electron chi connectivity index (χ2n) is 4.62. The summed E-state index contributed by atoms with van der Waals surface area (Å²) in [6, 6.07) is 3.76. The molecular weight excluding hydrogens is 228 g/mol. The van der Waals surface area contributed by atoms with E-state index in [1.165, 1.54) is 6.92 Å². The highest BCUT2D eigenvalue weighted by Gasteiger charge is 2.20. The summed E-state index contributed by atoms with van der Waals surface area (Å²) in [5, 5.41) is 0. The third kappa shape index (κ3) is 3.07. The number of anilines is 1. The number of rotatable bonds is 4. The van der Waals surface area contributed by atoms with Crippen LogP contribution in [0.4, 0.5) is 5.69 Å². The molecule has 1 saturated heterocycles. The van der Waals surface area contributed by atoms with Crippen LogP contribution in [0.2, 0.25) is 0 Å². The van der Waals surface area contributed by atoms with Crippen LogP contribution < -0.4 is 4.90 Å². The molecule has 0 amide bonds. The molecule has 0 aliphatic carbocycles. The van der Waals surface area contributed by atoms with Gasteiger partial charge in [-0.2, -0.15) is 0 Å². The maximum absolute atomic E-state index is 11.2. The van der Waals surface area contributed by atoms with Crippen molar-refractivity contribution in [1.29, 1.82) is 0 Å². The van der Waals surface area contributed by atoms with Crippen molar-refractivity contribution in [3.8, 4) is 0 Å². The van der Waals surface area contributed by atoms with Crippen molar-refractivity contribution in [2.45, 2.75) is 32.8 Å². The van der Waals surface area contributed by atoms with Gasteiger partial charge in [0, 0.05) is 26.6 Å². The molecule has 0 spiro atoms. The van der Waals surface area contributed by atoms with Crippen LogP contribution in [0.5, 0.6) is 0 Å². The summed E-state index contributed by atoms with van der Waals surface area (Å²) >= 11 is 0. The first-order valence-corrected chi connectivity index (χ1v) is 6.54. The minimum atomic E-state index is 0.00684. The largest absolute Gasteiger partial charge is 0.377 e. The van der Waals surface area contributed by atoms with Gasteiger partial charge in [-0.05, 0) is 31.9 Å². The lowest BCUT2D eigenvalue weighted by atomic mass is 10.1. The van der Waals surface area contributed by atoms with E-state index in [0.717, 1.165) is 38.2 Å². The van der Waals surface area contributed by atoms with Crippen molar-refractivity contribution in [2.75, 3.05) is 24.6 Å². The van der Waals surface area contributed by atoms with E-state index in [-0.39, 0.29) is 5.78 Å². The lowest BCUT2D eigenvalue weighted by molar-refractivity contribution is 0.0526. The molecule has 0 saturated carbocycles. The number of hydrogen-bond acceptors (Lipinski definition) is 4. The smallest absolute Gasteiger partial charge is 0.178 e. The Balaban J connectivity index is 2.04. The number of Topliss-reactive ketones (excluding diaryl/α,β-unsaturated/α-hetero) is 1. The van der Waals surface area contributed by atoms with Gasteiger partial charge in [0.05, 0.1) is 18.0 Å². The second-order valence-corrected chi connectivity index (χ2v) is 4.62. The molecule has 2 rings (SSSR count). The van der Waals surface area contributed by atoms with Gasteiger partial charge in [0.25, 0.3) is 0 Å². The Morgan fingerprint density at radius 3 is 3.00 bits per heavy atom. The van der Waals surface area contributed by atoms with Gasteiger partial charge in [-0.25, -0.2) is 0 Å². The zero-order chi connectivity index (χ0) is 13.0. The zero-order valence-corrected chi connectivity index (χ0v) is 11.1. The van der Waals surface area contributed by atoms with Gasteiger partial charge in [0.15, 0.2) is 5.78 Å². The van der Waals surface area contributed by atoms with Crippen LogP contribution in [0.1, 0.15) is 37.2 Å². The predicted octanol–water partition coefficient (Wildman–Crippen LogP) is 2.29. The molecule has 0 aromatic carbocycles. The van der Waals surface area contributed by atoms with Gasteiger partial charge in [-0.1, -0.05) is 0 Å². The van der Waals surface area contributed by atoms with Gasteiger partial charge in [-0.15, -0.1) is 0 Å². The van der Waals surface area contributed by atoms with E-state index in [1.54, 1.807) is 12.3 Å². The normalized spacial score (nSPS) is 19.9. The Morgan fingerprint density at radius 1 is 1.56 bits per heavy atom. The number of ketones is 1. The highest BCUT2D eigenvalue weighted by atomic mass is 16.5. The number of pyridine rings is 1. The number of aromatic nitrogens is 1. The molecule has 18 heavy (non-hydrogen) atoms. The maximum Gasteiger partial charge on any atom is 0.178 e. The molecule has 2 heterocycles. The maximum atomic E-state index is 11.2. The predicted molar refractivity (Wildman–Crippen MR) is 71.1 cm³/mol. The molecule has 4 nitrogen and oxygen atoms in total. The Labute approximate surface area is 108 Å². The molecule has 0 bridgehead atoms. The molecule has 98 valence electrons. The third-order valence-electron chi connectivity index (χ3n) is 3.25. The molecule has 1 fully saturated rings. The first-order chi connectivity index (χ1) is 8.70. The number of carbonyl (C=O) groups is 1. The number of hydrogen-bond donors (Lipinski definition) is 0. The van der Waals surface area contributed by atoms with E-state index in [9.17, 15) is 4.79 Å². The van der Waals surface area contributed by atoms with E-state index < -0.39 is 0 Å². The minimum Gasteiger partial charge on any atom is -0.377 e. The van der Waals surface area contributed by atoms with E-state index in [1.807, 2.05) is 13.0 Å². The first kappa shape index (κ1) is 13.0. The highest BCUT2D eigenvalue weighted by Crippen LogP contribution is 2.20. The molecular formula is C14H20N2O2. The Kier molecular flexibility index (Phi) is 4.31. The topological polar surface area (TPSA) is 42.4 Å². The molecule has 1 aromatic heterocycles. The molecule has 1 aromatic rings. The number of nitrogens with zero attached hydrogens (tertiary/aromatic N) is 2. The van der Waals surface area contributed by atoms with Gasteiger partial charge in [-0.3, -0.25) is 9.78 Å². The van der Waals surface area contributed by atoms with Crippen LogP contribution >= 0.6 is 0 Å². The van der Waals surface area contributed by atoms with Gasteiger partial charge >= 0.3 is 0 Å². The van der Waals surface area contributed by atoms with Crippen molar-refractivity contribution in [3.63, 3.8) is 0 Å². The lowest BCUT2D eigenvalue weighted by Gasteiger charge is -2.33. The number of piperidine rings is 1. The summed E-state index contributed by atoms with van der Waals surface area (Å²) in [6.07, 6.45) is 4.37. The van der Waals surface area contributed by atoms with Gasteiger partial charge in [0.2, 0.25) is 0 Å². The van der Waals surface area contributed by atoms with Crippen LogP contribution in [0.3, 0.4) is 0 Å². The fourth-order valence-electron chi connectivity index (χ4n) is 2.33. The summed E-state index contributed by atoms with van der Waals surface area (Å²) in [7, 11) is 0. The fourth-order valence-corrected chi connectivity index (χ4v) is 2.33. The Bertz CT molecular complexity index is 401. The summed E-state index contributed by atoms with van der Waals surface area (Å²) in [5.74, 6) is 0.00684. The molecule has 1 aliphatic rings. The molecule has 0 radical (unpaired) electrons. The van der Waals surface area contributed by atoms with Gasteiger partial charge in [0.1, 0.15) is 5.69 Å². The minimum absolute atomic E-state index is 0.00684. The van der Waals surface area contributed by atoms with E-state index in [4.69, 9.17) is 4.74 Å². The van der Waals surface area contributed by atoms with Crippen LogP contribution in [-0.4, -0.2) is 36.6 Å². The van der Waals surface area contributed by atoms with Gasteiger partial charge < -0.3 is 9.64 Å². The van der Waals surface area contributed by atoms with Crippen LogP contribution in [0.25, 0.3) is 0 Å². The van der Waals surface area contributed by atoms with E-state index >= 15 is 0 Å². The average Bonchev–Trinajstić information content (AvgIpc) is 2.39. The SMILES string of the molecule is CCOC1CCCN(c2ccc(C(C)=O)nc2)C1. The molecule has 4 heteroatoms. The Hall–Kier alpha value is -1.42. The molecule has 1 atom stereocenters. The number of carbonyl (C=O) groups excluding carboxylic acids is 1. The van der Waals surface area contributed by atoms with Crippen molar-refractivity contribution in [2.24, 2.45) is 0 Å². The zero-order valence-electron chi connectivity index (χ0n) is 11.1. The molecule has 1 unspecified atom stereocenters. The molecule has 1 aliphatic heterocycles. The highest BCUT2D eigenvalue weighted by molar-refractivity contribution is 5.92. The van der Waals surface area contributed by atoms with E-state index in [0.29, 0.717) is 11.8 Å². The van der Waals surface area contributed by atoms with E-state index in [2.05, 4.69) is 9.88 Å². The van der Waals surface area contributed by atoms with Crippen LogP contribution in [-0.2, 0) is 4.74 Å². The van der Waals surface area contributed by atoms with Crippen LogP contribution in [0.15, 0.2) is 18.3 Å². The summed E-state index contributed by atoms with van der Waals surface area (Å²) < 4.78 is 5.68. The number of ether oxygens (including phenoxy) is 1. The summed E-state index contributed by atoms with van der Waals surface area (Å²) in [6.45, 7) is 6.27. The summed E-state index contributed by atoms with van der Waals surface area (Å²) in [4.78, 5) is 17.6.